The standard InChI is InChI=1S/C21H23FN2O4/c1-2-18(28-19-10-6-4-8-16(19)22)20(25)23-17-9-5-3-7-15(17)21(26)24-11-13-27-14-12-24/h3-10,18H,2,11-14H2,1H3,(H,23,25). The Morgan fingerprint density at radius 3 is 2.54 bits per heavy atom. The lowest BCUT2D eigenvalue weighted by molar-refractivity contribution is -0.122. The van der Waals surface area contributed by atoms with E-state index in [-0.39, 0.29) is 11.7 Å². The van der Waals surface area contributed by atoms with Crippen LogP contribution in [0.4, 0.5) is 10.1 Å². The summed E-state index contributed by atoms with van der Waals surface area (Å²) in [7, 11) is 0. The first-order chi connectivity index (χ1) is 13.6. The lowest BCUT2D eigenvalue weighted by Crippen LogP contribution is -2.41. The molecule has 3 rings (SSSR count). The van der Waals surface area contributed by atoms with Crippen molar-refractivity contribution in [1.82, 2.24) is 4.90 Å². The Morgan fingerprint density at radius 1 is 1.14 bits per heavy atom. The molecule has 1 N–H and O–H groups in total. The van der Waals surface area contributed by atoms with Crippen molar-refractivity contribution in [2.75, 3.05) is 31.6 Å². The molecule has 1 heterocycles. The van der Waals surface area contributed by atoms with Gasteiger partial charge in [-0.25, -0.2) is 4.39 Å². The Kier molecular flexibility index (Phi) is 6.60. The molecule has 2 aromatic rings. The van der Waals surface area contributed by atoms with Crippen molar-refractivity contribution in [2.45, 2.75) is 19.4 Å². The molecule has 7 heteroatoms. The third-order valence-electron chi connectivity index (χ3n) is 4.48. The van der Waals surface area contributed by atoms with Crippen molar-refractivity contribution in [2.24, 2.45) is 0 Å². The van der Waals surface area contributed by atoms with E-state index in [0.29, 0.717) is 44.0 Å². The highest BCUT2D eigenvalue weighted by Crippen LogP contribution is 2.21. The second-order valence-electron chi connectivity index (χ2n) is 6.38. The molecule has 1 atom stereocenters. The summed E-state index contributed by atoms with van der Waals surface area (Å²) in [5, 5.41) is 2.76. The number of carbonyl (C=O) groups excluding carboxylic acids is 2. The SMILES string of the molecule is CCC(Oc1ccccc1F)C(=O)Nc1ccccc1C(=O)N1CCOCC1. The van der Waals surface area contributed by atoms with E-state index < -0.39 is 17.8 Å². The van der Waals surface area contributed by atoms with Crippen LogP contribution in [-0.4, -0.2) is 49.1 Å². The fourth-order valence-corrected chi connectivity index (χ4v) is 2.94. The van der Waals surface area contributed by atoms with Crippen LogP contribution >= 0.6 is 0 Å². The average Bonchev–Trinajstić information content (AvgIpc) is 2.73. The van der Waals surface area contributed by atoms with Gasteiger partial charge in [0, 0.05) is 13.1 Å². The number of rotatable bonds is 6. The minimum atomic E-state index is -0.886. The van der Waals surface area contributed by atoms with Crippen molar-refractivity contribution >= 4 is 17.5 Å². The molecular weight excluding hydrogens is 363 g/mol. The van der Waals surface area contributed by atoms with E-state index in [2.05, 4.69) is 5.32 Å². The number of hydrogen-bond acceptors (Lipinski definition) is 4. The number of anilines is 1. The van der Waals surface area contributed by atoms with Crippen LogP contribution in [-0.2, 0) is 9.53 Å². The molecule has 148 valence electrons. The molecule has 0 aliphatic carbocycles. The molecule has 2 aromatic carbocycles. The summed E-state index contributed by atoms with van der Waals surface area (Å²) >= 11 is 0. The summed E-state index contributed by atoms with van der Waals surface area (Å²) in [6.07, 6.45) is -0.539. The number of morpholine rings is 1. The minimum absolute atomic E-state index is 0.0159. The van der Waals surface area contributed by atoms with Gasteiger partial charge in [0.15, 0.2) is 17.7 Å². The predicted molar refractivity (Wildman–Crippen MR) is 103 cm³/mol. The van der Waals surface area contributed by atoms with Gasteiger partial charge >= 0.3 is 0 Å². The maximum atomic E-state index is 13.8. The Hall–Kier alpha value is -2.93. The van der Waals surface area contributed by atoms with Crippen LogP contribution in [0, 0.1) is 5.82 Å². The van der Waals surface area contributed by atoms with Crippen molar-refractivity contribution in [3.05, 3.63) is 59.9 Å². The molecular formula is C21H23FN2O4. The first-order valence-corrected chi connectivity index (χ1v) is 9.28. The van der Waals surface area contributed by atoms with Crippen LogP contribution in [0.25, 0.3) is 0 Å². The van der Waals surface area contributed by atoms with Gasteiger partial charge in [0.05, 0.1) is 24.5 Å². The zero-order chi connectivity index (χ0) is 19.9. The number of carbonyl (C=O) groups is 2. The summed E-state index contributed by atoms with van der Waals surface area (Å²) in [5.41, 5.74) is 0.804. The monoisotopic (exact) mass is 386 g/mol. The topological polar surface area (TPSA) is 67.9 Å². The molecule has 1 fully saturated rings. The molecule has 1 unspecified atom stereocenters. The van der Waals surface area contributed by atoms with Crippen LogP contribution in [0.5, 0.6) is 5.75 Å². The molecule has 1 aliphatic heterocycles. The minimum Gasteiger partial charge on any atom is -0.478 e. The van der Waals surface area contributed by atoms with E-state index in [0.717, 1.165) is 0 Å². The normalized spacial score (nSPS) is 15.0. The van der Waals surface area contributed by atoms with Crippen LogP contribution < -0.4 is 10.1 Å². The number of para-hydroxylation sites is 2. The largest absolute Gasteiger partial charge is 0.478 e. The predicted octanol–water partition coefficient (Wildman–Crippen LogP) is 3.09. The van der Waals surface area contributed by atoms with Crippen LogP contribution in [0.15, 0.2) is 48.5 Å². The third kappa shape index (κ3) is 4.67. The quantitative estimate of drug-likeness (QED) is 0.828. The van der Waals surface area contributed by atoms with Crippen LogP contribution in [0.1, 0.15) is 23.7 Å². The molecule has 0 saturated carbocycles. The van der Waals surface area contributed by atoms with Gasteiger partial charge in [-0.15, -0.1) is 0 Å². The van der Waals surface area contributed by atoms with E-state index >= 15 is 0 Å². The van der Waals surface area contributed by atoms with E-state index in [4.69, 9.17) is 9.47 Å². The van der Waals surface area contributed by atoms with Gasteiger partial charge in [0.1, 0.15) is 0 Å². The second-order valence-corrected chi connectivity index (χ2v) is 6.38. The van der Waals surface area contributed by atoms with Crippen molar-refractivity contribution in [3.63, 3.8) is 0 Å². The lowest BCUT2D eigenvalue weighted by atomic mass is 10.1. The first kappa shape index (κ1) is 19.8. The first-order valence-electron chi connectivity index (χ1n) is 9.28. The van der Waals surface area contributed by atoms with Gasteiger partial charge < -0.3 is 19.7 Å². The van der Waals surface area contributed by atoms with Crippen molar-refractivity contribution in [1.29, 1.82) is 0 Å². The zero-order valence-electron chi connectivity index (χ0n) is 15.7. The van der Waals surface area contributed by atoms with E-state index in [1.165, 1.54) is 12.1 Å². The van der Waals surface area contributed by atoms with Gasteiger partial charge in [-0.2, -0.15) is 0 Å². The number of hydrogen-bond donors (Lipinski definition) is 1. The molecule has 6 nitrogen and oxygen atoms in total. The van der Waals surface area contributed by atoms with Gasteiger partial charge in [-0.05, 0) is 30.7 Å². The summed E-state index contributed by atoms with van der Waals surface area (Å²) < 4.78 is 24.7. The van der Waals surface area contributed by atoms with E-state index in [9.17, 15) is 14.0 Å². The number of benzene rings is 2. The van der Waals surface area contributed by atoms with Gasteiger partial charge in [0.25, 0.3) is 11.8 Å². The zero-order valence-corrected chi connectivity index (χ0v) is 15.7. The van der Waals surface area contributed by atoms with E-state index in [1.54, 1.807) is 48.2 Å². The maximum absolute atomic E-state index is 13.8. The highest BCUT2D eigenvalue weighted by molar-refractivity contribution is 6.04. The van der Waals surface area contributed by atoms with Gasteiger partial charge in [-0.3, -0.25) is 9.59 Å². The molecule has 2 amide bonds. The number of ether oxygens (including phenoxy) is 2. The molecule has 0 spiro atoms. The Bertz CT molecular complexity index is 837. The van der Waals surface area contributed by atoms with Gasteiger partial charge in [0.2, 0.25) is 0 Å². The lowest BCUT2D eigenvalue weighted by Gasteiger charge is -2.27. The van der Waals surface area contributed by atoms with Crippen molar-refractivity contribution in [3.8, 4) is 5.75 Å². The molecule has 0 bridgehead atoms. The third-order valence-corrected chi connectivity index (χ3v) is 4.48. The maximum Gasteiger partial charge on any atom is 0.265 e. The van der Waals surface area contributed by atoms with Crippen LogP contribution in [0.2, 0.25) is 0 Å². The highest BCUT2D eigenvalue weighted by atomic mass is 19.1. The second kappa shape index (κ2) is 9.32. The molecule has 1 saturated heterocycles. The molecule has 0 aromatic heterocycles. The smallest absolute Gasteiger partial charge is 0.265 e. The van der Waals surface area contributed by atoms with Crippen LogP contribution in [0.3, 0.4) is 0 Å². The molecule has 28 heavy (non-hydrogen) atoms. The average molecular weight is 386 g/mol. The Morgan fingerprint density at radius 2 is 1.82 bits per heavy atom. The Balaban J connectivity index is 1.74. The summed E-state index contributed by atoms with van der Waals surface area (Å²) in [5.74, 6) is -1.12. The summed E-state index contributed by atoms with van der Waals surface area (Å²) in [4.78, 5) is 27.2. The number of nitrogens with zero attached hydrogens (tertiary/aromatic N) is 1. The fraction of sp³-hybridized carbons (Fsp3) is 0.333. The summed E-state index contributed by atoms with van der Waals surface area (Å²) in [6, 6.07) is 12.8. The van der Waals surface area contributed by atoms with Gasteiger partial charge in [-0.1, -0.05) is 31.2 Å². The van der Waals surface area contributed by atoms with Crippen molar-refractivity contribution < 1.29 is 23.5 Å². The summed E-state index contributed by atoms with van der Waals surface area (Å²) in [6.45, 7) is 3.78. The highest BCUT2D eigenvalue weighted by Gasteiger charge is 2.24. The fourth-order valence-electron chi connectivity index (χ4n) is 2.94. The van der Waals surface area contributed by atoms with E-state index in [1.807, 2.05) is 0 Å². The number of halogens is 1. The Labute approximate surface area is 163 Å². The number of amides is 2. The molecule has 1 aliphatic rings. The number of nitrogens with one attached hydrogen (secondary N) is 1. The molecule has 0 radical (unpaired) electrons.